The summed E-state index contributed by atoms with van der Waals surface area (Å²) < 4.78 is 43.2. The Balaban J connectivity index is 2.86. The van der Waals surface area contributed by atoms with E-state index in [1.54, 1.807) is 24.3 Å². The molecule has 1 rings (SSSR count). The van der Waals surface area contributed by atoms with Crippen LogP contribution in [0.3, 0.4) is 0 Å². The SMILES string of the molecule is COc1ccccc1SC(CCN)C(F)(F)F. The minimum Gasteiger partial charge on any atom is -0.496 e. The van der Waals surface area contributed by atoms with E-state index in [4.69, 9.17) is 10.5 Å². The van der Waals surface area contributed by atoms with Crippen molar-refractivity contribution in [3.8, 4) is 5.75 Å². The quantitative estimate of drug-likeness (QED) is 0.831. The van der Waals surface area contributed by atoms with Crippen molar-refractivity contribution < 1.29 is 17.9 Å². The van der Waals surface area contributed by atoms with Gasteiger partial charge in [-0.05, 0) is 25.1 Å². The van der Waals surface area contributed by atoms with Crippen LogP contribution in [0.2, 0.25) is 0 Å². The van der Waals surface area contributed by atoms with Crippen molar-refractivity contribution in [2.75, 3.05) is 13.7 Å². The van der Waals surface area contributed by atoms with Crippen molar-refractivity contribution in [2.45, 2.75) is 22.7 Å². The first-order valence-electron chi connectivity index (χ1n) is 5.05. The number of alkyl halides is 3. The Hall–Kier alpha value is -0.880. The van der Waals surface area contributed by atoms with E-state index >= 15 is 0 Å². The smallest absolute Gasteiger partial charge is 0.400 e. The number of rotatable bonds is 5. The van der Waals surface area contributed by atoms with Gasteiger partial charge in [-0.2, -0.15) is 13.2 Å². The van der Waals surface area contributed by atoms with Gasteiger partial charge >= 0.3 is 6.18 Å². The van der Waals surface area contributed by atoms with Crippen molar-refractivity contribution in [2.24, 2.45) is 5.73 Å². The first-order valence-corrected chi connectivity index (χ1v) is 5.93. The summed E-state index contributed by atoms with van der Waals surface area (Å²) in [5.41, 5.74) is 5.21. The summed E-state index contributed by atoms with van der Waals surface area (Å²) in [6.45, 7) is 0.00628. The van der Waals surface area contributed by atoms with Crippen LogP contribution >= 0.6 is 11.8 Å². The predicted molar refractivity (Wildman–Crippen MR) is 62.4 cm³/mol. The first-order chi connectivity index (χ1) is 7.99. The normalized spacial score (nSPS) is 13.5. The molecule has 0 spiro atoms. The minimum atomic E-state index is -4.26. The molecular weight excluding hydrogens is 251 g/mol. The van der Waals surface area contributed by atoms with Gasteiger partial charge in [-0.25, -0.2) is 0 Å². The Kier molecular flexibility index (Phi) is 5.14. The zero-order chi connectivity index (χ0) is 12.9. The van der Waals surface area contributed by atoms with Crippen LogP contribution in [0.25, 0.3) is 0 Å². The molecule has 0 heterocycles. The van der Waals surface area contributed by atoms with Crippen LogP contribution in [0, 0.1) is 0 Å². The Labute approximate surface area is 102 Å². The Bertz CT molecular complexity index is 357. The lowest BCUT2D eigenvalue weighted by Crippen LogP contribution is -2.28. The van der Waals surface area contributed by atoms with E-state index in [-0.39, 0.29) is 13.0 Å². The number of hydrogen-bond acceptors (Lipinski definition) is 3. The van der Waals surface area contributed by atoms with Crippen LogP contribution in [0.5, 0.6) is 5.75 Å². The van der Waals surface area contributed by atoms with Crippen LogP contribution in [0.4, 0.5) is 13.2 Å². The van der Waals surface area contributed by atoms with Crippen molar-refractivity contribution in [3.63, 3.8) is 0 Å². The molecule has 0 bridgehead atoms. The maximum atomic E-state index is 12.7. The van der Waals surface area contributed by atoms with Crippen LogP contribution in [-0.4, -0.2) is 25.1 Å². The van der Waals surface area contributed by atoms with E-state index in [2.05, 4.69) is 0 Å². The van der Waals surface area contributed by atoms with E-state index in [1.807, 2.05) is 0 Å². The lowest BCUT2D eigenvalue weighted by atomic mass is 10.3. The number of benzene rings is 1. The van der Waals surface area contributed by atoms with Gasteiger partial charge < -0.3 is 10.5 Å². The van der Waals surface area contributed by atoms with Gasteiger partial charge in [0.2, 0.25) is 0 Å². The number of hydrogen-bond donors (Lipinski definition) is 1. The number of nitrogens with two attached hydrogens (primary N) is 1. The van der Waals surface area contributed by atoms with Gasteiger partial charge in [0.1, 0.15) is 11.0 Å². The third-order valence-corrected chi connectivity index (χ3v) is 3.51. The van der Waals surface area contributed by atoms with Crippen LogP contribution < -0.4 is 10.5 Å². The highest BCUT2D eigenvalue weighted by molar-refractivity contribution is 8.00. The van der Waals surface area contributed by atoms with Gasteiger partial charge in [-0.3, -0.25) is 0 Å². The van der Waals surface area contributed by atoms with Crippen LogP contribution in [-0.2, 0) is 0 Å². The maximum absolute atomic E-state index is 12.7. The second-order valence-electron chi connectivity index (χ2n) is 3.38. The lowest BCUT2D eigenvalue weighted by Gasteiger charge is -2.20. The fourth-order valence-corrected chi connectivity index (χ4v) is 2.43. The van der Waals surface area contributed by atoms with Crippen molar-refractivity contribution in [3.05, 3.63) is 24.3 Å². The molecular formula is C11H14F3NOS. The van der Waals surface area contributed by atoms with Crippen LogP contribution in [0.1, 0.15) is 6.42 Å². The summed E-state index contributed by atoms with van der Waals surface area (Å²) in [6.07, 6.45) is -4.36. The predicted octanol–water partition coefficient (Wildman–Crippen LogP) is 3.07. The zero-order valence-electron chi connectivity index (χ0n) is 9.33. The zero-order valence-corrected chi connectivity index (χ0v) is 10.1. The van der Waals surface area contributed by atoms with Gasteiger partial charge in [0, 0.05) is 4.90 Å². The molecule has 17 heavy (non-hydrogen) atoms. The molecule has 0 radical (unpaired) electrons. The molecule has 0 fully saturated rings. The molecule has 0 amide bonds. The summed E-state index contributed by atoms with van der Waals surface area (Å²) in [5.74, 6) is 0.448. The van der Waals surface area contributed by atoms with Gasteiger partial charge in [-0.1, -0.05) is 12.1 Å². The van der Waals surface area contributed by atoms with Crippen LogP contribution in [0.15, 0.2) is 29.2 Å². The van der Waals surface area contributed by atoms with Gasteiger partial charge in [0.15, 0.2) is 0 Å². The van der Waals surface area contributed by atoms with Gasteiger partial charge in [0.05, 0.1) is 7.11 Å². The van der Waals surface area contributed by atoms with E-state index in [0.29, 0.717) is 10.6 Å². The highest BCUT2D eigenvalue weighted by Gasteiger charge is 2.40. The summed E-state index contributed by atoms with van der Waals surface area (Å²) in [7, 11) is 1.44. The lowest BCUT2D eigenvalue weighted by molar-refractivity contribution is -0.129. The summed E-state index contributed by atoms with van der Waals surface area (Å²) in [4.78, 5) is 0.478. The Morgan fingerprint density at radius 3 is 2.53 bits per heavy atom. The number of thioether (sulfide) groups is 1. The molecule has 0 aliphatic rings. The summed E-state index contributed by atoms with van der Waals surface area (Å²) in [6, 6.07) is 6.64. The molecule has 6 heteroatoms. The number of methoxy groups -OCH3 is 1. The van der Waals surface area contributed by atoms with E-state index in [1.165, 1.54) is 7.11 Å². The standard InChI is InChI=1S/C11H14F3NOS/c1-16-8-4-2-3-5-9(8)17-10(6-7-15)11(12,13)14/h2-5,10H,6-7,15H2,1H3. The highest BCUT2D eigenvalue weighted by atomic mass is 32.2. The minimum absolute atomic E-state index is 0.00628. The molecule has 2 N–H and O–H groups in total. The van der Waals surface area contributed by atoms with Crippen molar-refractivity contribution in [1.29, 1.82) is 0 Å². The second-order valence-corrected chi connectivity index (χ2v) is 4.62. The molecule has 1 unspecified atom stereocenters. The molecule has 1 atom stereocenters. The van der Waals surface area contributed by atoms with E-state index in [9.17, 15) is 13.2 Å². The fourth-order valence-electron chi connectivity index (χ4n) is 1.31. The summed E-state index contributed by atoms with van der Waals surface area (Å²) >= 11 is 0.741. The third-order valence-electron chi connectivity index (χ3n) is 2.13. The molecule has 0 saturated carbocycles. The van der Waals surface area contributed by atoms with E-state index in [0.717, 1.165) is 11.8 Å². The molecule has 0 aliphatic heterocycles. The highest BCUT2D eigenvalue weighted by Crippen LogP contribution is 2.40. The Morgan fingerprint density at radius 2 is 2.00 bits per heavy atom. The maximum Gasteiger partial charge on any atom is 0.400 e. The number of ether oxygens (including phenoxy) is 1. The van der Waals surface area contributed by atoms with E-state index < -0.39 is 11.4 Å². The molecule has 96 valence electrons. The Morgan fingerprint density at radius 1 is 1.35 bits per heavy atom. The molecule has 0 saturated heterocycles. The fraction of sp³-hybridized carbons (Fsp3) is 0.455. The molecule has 1 aromatic carbocycles. The second kappa shape index (κ2) is 6.16. The van der Waals surface area contributed by atoms with Gasteiger partial charge in [-0.15, -0.1) is 11.8 Å². The average Bonchev–Trinajstić information content (AvgIpc) is 2.28. The monoisotopic (exact) mass is 265 g/mol. The number of halogens is 3. The molecule has 0 aromatic heterocycles. The first kappa shape index (κ1) is 14.2. The molecule has 1 aromatic rings. The van der Waals surface area contributed by atoms with Crippen molar-refractivity contribution >= 4 is 11.8 Å². The topological polar surface area (TPSA) is 35.2 Å². The molecule has 0 aliphatic carbocycles. The third kappa shape index (κ3) is 4.12. The largest absolute Gasteiger partial charge is 0.496 e. The van der Waals surface area contributed by atoms with Gasteiger partial charge in [0.25, 0.3) is 0 Å². The summed E-state index contributed by atoms with van der Waals surface area (Å²) in [5, 5.41) is -1.50. The average molecular weight is 265 g/mol. The van der Waals surface area contributed by atoms with Crippen molar-refractivity contribution in [1.82, 2.24) is 0 Å². The molecule has 2 nitrogen and oxygen atoms in total. The number of para-hydroxylation sites is 1.